The Morgan fingerprint density at radius 2 is 2.00 bits per heavy atom. The van der Waals surface area contributed by atoms with Crippen LogP contribution in [0.1, 0.15) is 59.8 Å². The topological polar surface area (TPSA) is 35.5 Å². The molecule has 3 heteroatoms. The molecule has 0 amide bonds. The molecule has 19 heavy (non-hydrogen) atoms. The van der Waals surface area contributed by atoms with Crippen molar-refractivity contribution in [3.63, 3.8) is 0 Å². The Morgan fingerprint density at radius 3 is 2.47 bits per heavy atom. The summed E-state index contributed by atoms with van der Waals surface area (Å²) in [6, 6.07) is 0.672. The molecule has 1 unspecified atom stereocenters. The minimum Gasteiger partial charge on any atom is -0.394 e. The number of aliphatic hydroxyl groups is 1. The van der Waals surface area contributed by atoms with Gasteiger partial charge in [-0.1, -0.05) is 27.2 Å². The molecule has 0 aliphatic heterocycles. The summed E-state index contributed by atoms with van der Waals surface area (Å²) in [7, 11) is 0. The van der Waals surface area contributed by atoms with Crippen LogP contribution in [-0.4, -0.2) is 47.8 Å². The first-order chi connectivity index (χ1) is 8.99. The van der Waals surface area contributed by atoms with Crippen LogP contribution in [0.3, 0.4) is 0 Å². The van der Waals surface area contributed by atoms with Gasteiger partial charge in [0.2, 0.25) is 0 Å². The Hall–Kier alpha value is -0.120. The van der Waals surface area contributed by atoms with Gasteiger partial charge in [-0.05, 0) is 51.6 Å². The third kappa shape index (κ3) is 7.28. The number of nitrogens with one attached hydrogen (secondary N) is 1. The molecule has 1 aliphatic rings. The van der Waals surface area contributed by atoms with Crippen molar-refractivity contribution < 1.29 is 5.11 Å². The molecule has 114 valence electrons. The molecule has 3 nitrogen and oxygen atoms in total. The highest BCUT2D eigenvalue weighted by Crippen LogP contribution is 2.24. The highest BCUT2D eigenvalue weighted by Gasteiger charge is 2.31. The number of rotatable bonds is 11. The lowest BCUT2D eigenvalue weighted by Gasteiger charge is -2.29. The van der Waals surface area contributed by atoms with Crippen molar-refractivity contribution in [1.82, 2.24) is 10.2 Å². The maximum Gasteiger partial charge on any atom is 0.0610 e. The first kappa shape index (κ1) is 16.9. The Balaban J connectivity index is 2.16. The van der Waals surface area contributed by atoms with Crippen LogP contribution < -0.4 is 5.32 Å². The van der Waals surface area contributed by atoms with Gasteiger partial charge in [-0.2, -0.15) is 0 Å². The third-order valence-electron chi connectivity index (χ3n) is 4.00. The lowest BCUT2D eigenvalue weighted by Crippen LogP contribution is -2.47. The molecular formula is C16H34N2O. The Bertz CT molecular complexity index is 241. The van der Waals surface area contributed by atoms with Crippen molar-refractivity contribution in [3.8, 4) is 0 Å². The second kappa shape index (κ2) is 8.23. The number of aliphatic hydroxyl groups excluding tert-OH is 1. The molecule has 0 aromatic rings. The van der Waals surface area contributed by atoms with Crippen LogP contribution in [0.2, 0.25) is 0 Å². The van der Waals surface area contributed by atoms with E-state index < -0.39 is 0 Å². The number of unbranched alkanes of at least 4 members (excludes halogenated alkanes) is 1. The molecule has 1 rings (SSSR count). The zero-order valence-electron chi connectivity index (χ0n) is 13.4. The molecule has 0 bridgehead atoms. The Morgan fingerprint density at radius 1 is 1.32 bits per heavy atom. The molecule has 1 atom stereocenters. The minimum atomic E-state index is -0.0593. The SMILES string of the molecule is CCN(CCCCC(C)(CO)NC1CC1)CC(C)C. The molecule has 1 fully saturated rings. The lowest BCUT2D eigenvalue weighted by molar-refractivity contribution is 0.158. The van der Waals surface area contributed by atoms with E-state index in [1.165, 1.54) is 38.8 Å². The van der Waals surface area contributed by atoms with E-state index in [-0.39, 0.29) is 12.1 Å². The zero-order chi connectivity index (χ0) is 14.3. The van der Waals surface area contributed by atoms with Gasteiger partial charge in [0, 0.05) is 18.1 Å². The van der Waals surface area contributed by atoms with E-state index in [2.05, 4.69) is 37.9 Å². The fourth-order valence-electron chi connectivity index (χ4n) is 2.66. The Labute approximate surface area is 119 Å². The van der Waals surface area contributed by atoms with Crippen LogP contribution in [0.25, 0.3) is 0 Å². The predicted octanol–water partition coefficient (Wildman–Crippen LogP) is 2.64. The van der Waals surface area contributed by atoms with Crippen LogP contribution in [0.15, 0.2) is 0 Å². The van der Waals surface area contributed by atoms with Gasteiger partial charge in [-0.3, -0.25) is 0 Å². The number of hydrogen-bond acceptors (Lipinski definition) is 3. The summed E-state index contributed by atoms with van der Waals surface area (Å²) >= 11 is 0. The first-order valence-corrected chi connectivity index (χ1v) is 8.10. The van der Waals surface area contributed by atoms with E-state index in [1.807, 2.05) is 0 Å². The third-order valence-corrected chi connectivity index (χ3v) is 4.00. The van der Waals surface area contributed by atoms with Crippen molar-refractivity contribution in [3.05, 3.63) is 0 Å². The molecule has 2 N–H and O–H groups in total. The highest BCUT2D eigenvalue weighted by atomic mass is 16.3. The molecule has 0 heterocycles. The second-order valence-electron chi connectivity index (χ2n) is 6.88. The predicted molar refractivity (Wildman–Crippen MR) is 82.5 cm³/mol. The second-order valence-corrected chi connectivity index (χ2v) is 6.88. The quantitative estimate of drug-likeness (QED) is 0.567. The Kier molecular flexibility index (Phi) is 7.33. The van der Waals surface area contributed by atoms with Crippen molar-refractivity contribution in [1.29, 1.82) is 0 Å². The fourth-order valence-corrected chi connectivity index (χ4v) is 2.66. The maximum absolute atomic E-state index is 9.56. The average molecular weight is 270 g/mol. The summed E-state index contributed by atoms with van der Waals surface area (Å²) in [5, 5.41) is 13.2. The summed E-state index contributed by atoms with van der Waals surface area (Å²) < 4.78 is 0. The summed E-state index contributed by atoms with van der Waals surface area (Å²) in [4.78, 5) is 2.54. The van der Waals surface area contributed by atoms with Crippen LogP contribution in [0.4, 0.5) is 0 Å². The largest absolute Gasteiger partial charge is 0.394 e. The monoisotopic (exact) mass is 270 g/mol. The highest BCUT2D eigenvalue weighted by molar-refractivity contribution is 4.92. The van der Waals surface area contributed by atoms with E-state index in [4.69, 9.17) is 0 Å². The molecule has 0 aromatic heterocycles. The average Bonchev–Trinajstić information content (AvgIpc) is 3.16. The zero-order valence-corrected chi connectivity index (χ0v) is 13.4. The van der Waals surface area contributed by atoms with E-state index in [0.717, 1.165) is 18.9 Å². The standard InChI is InChI=1S/C16H34N2O/c1-5-18(12-14(2)3)11-7-6-10-16(4,13-19)17-15-8-9-15/h14-15,17,19H,5-13H2,1-4H3. The lowest BCUT2D eigenvalue weighted by atomic mass is 9.95. The fraction of sp³-hybridized carbons (Fsp3) is 1.00. The number of nitrogens with zero attached hydrogens (tertiary/aromatic N) is 1. The van der Waals surface area contributed by atoms with Crippen molar-refractivity contribution >= 4 is 0 Å². The van der Waals surface area contributed by atoms with Gasteiger partial charge in [0.15, 0.2) is 0 Å². The van der Waals surface area contributed by atoms with Crippen LogP contribution in [0.5, 0.6) is 0 Å². The van der Waals surface area contributed by atoms with Gasteiger partial charge in [-0.25, -0.2) is 0 Å². The molecule has 0 saturated heterocycles. The van der Waals surface area contributed by atoms with E-state index in [9.17, 15) is 5.11 Å². The van der Waals surface area contributed by atoms with Gasteiger partial charge < -0.3 is 15.3 Å². The number of hydrogen-bond donors (Lipinski definition) is 2. The maximum atomic E-state index is 9.56. The van der Waals surface area contributed by atoms with Crippen molar-refractivity contribution in [2.75, 3.05) is 26.2 Å². The summed E-state index contributed by atoms with van der Waals surface area (Å²) in [6.45, 7) is 12.8. The normalized spacial score (nSPS) is 19.1. The summed E-state index contributed by atoms with van der Waals surface area (Å²) in [6.07, 6.45) is 6.09. The van der Waals surface area contributed by atoms with Crippen molar-refractivity contribution in [2.45, 2.75) is 71.4 Å². The van der Waals surface area contributed by atoms with Gasteiger partial charge in [-0.15, -0.1) is 0 Å². The summed E-state index contributed by atoms with van der Waals surface area (Å²) in [5.41, 5.74) is -0.0593. The van der Waals surface area contributed by atoms with Gasteiger partial charge in [0.05, 0.1) is 6.61 Å². The van der Waals surface area contributed by atoms with Crippen LogP contribution >= 0.6 is 0 Å². The van der Waals surface area contributed by atoms with Gasteiger partial charge in [0.25, 0.3) is 0 Å². The molecule has 0 radical (unpaired) electrons. The molecule has 1 saturated carbocycles. The van der Waals surface area contributed by atoms with E-state index in [0.29, 0.717) is 6.04 Å². The molecular weight excluding hydrogens is 236 g/mol. The van der Waals surface area contributed by atoms with Crippen molar-refractivity contribution in [2.24, 2.45) is 5.92 Å². The van der Waals surface area contributed by atoms with Gasteiger partial charge in [0.1, 0.15) is 0 Å². The smallest absolute Gasteiger partial charge is 0.0610 e. The molecule has 1 aliphatic carbocycles. The van der Waals surface area contributed by atoms with E-state index in [1.54, 1.807) is 0 Å². The molecule has 0 aromatic carbocycles. The molecule has 0 spiro atoms. The van der Waals surface area contributed by atoms with E-state index >= 15 is 0 Å². The van der Waals surface area contributed by atoms with Crippen LogP contribution in [0, 0.1) is 5.92 Å². The summed E-state index contributed by atoms with van der Waals surface area (Å²) in [5.74, 6) is 0.749. The minimum absolute atomic E-state index is 0.0593. The van der Waals surface area contributed by atoms with Gasteiger partial charge >= 0.3 is 0 Å². The first-order valence-electron chi connectivity index (χ1n) is 8.10. The van der Waals surface area contributed by atoms with Crippen LogP contribution in [-0.2, 0) is 0 Å².